The summed E-state index contributed by atoms with van der Waals surface area (Å²) in [6.45, 7) is 4.67. The SMILES string of the molecule is Cc1cccc(CN(C)Cc2csc(CNC3CC3)n2)n1. The lowest BCUT2D eigenvalue weighted by Gasteiger charge is -2.14. The third-order valence-corrected chi connectivity index (χ3v) is 4.43. The minimum absolute atomic E-state index is 0.743. The summed E-state index contributed by atoms with van der Waals surface area (Å²) >= 11 is 1.75. The van der Waals surface area contributed by atoms with Crippen LogP contribution in [0.25, 0.3) is 0 Å². The average molecular weight is 302 g/mol. The molecule has 0 spiro atoms. The fourth-order valence-corrected chi connectivity index (χ4v) is 3.05. The number of thiazole rings is 1. The normalized spacial score (nSPS) is 14.8. The Hall–Kier alpha value is -1.30. The number of rotatable bonds is 7. The van der Waals surface area contributed by atoms with Gasteiger partial charge in [-0.1, -0.05) is 6.07 Å². The van der Waals surface area contributed by atoms with Gasteiger partial charge in [0.1, 0.15) is 5.01 Å². The fourth-order valence-electron chi connectivity index (χ4n) is 2.32. The molecule has 0 radical (unpaired) electrons. The summed E-state index contributed by atoms with van der Waals surface area (Å²) < 4.78 is 0. The van der Waals surface area contributed by atoms with Crippen LogP contribution in [0.15, 0.2) is 23.6 Å². The molecule has 1 aliphatic rings. The van der Waals surface area contributed by atoms with Crippen LogP contribution in [0.2, 0.25) is 0 Å². The first-order chi connectivity index (χ1) is 10.2. The predicted octanol–water partition coefficient (Wildman–Crippen LogP) is 2.73. The van der Waals surface area contributed by atoms with Crippen LogP contribution in [0.4, 0.5) is 0 Å². The lowest BCUT2D eigenvalue weighted by molar-refractivity contribution is 0.311. The zero-order valence-corrected chi connectivity index (χ0v) is 13.5. The molecule has 0 aliphatic heterocycles. The minimum Gasteiger partial charge on any atom is -0.308 e. The monoisotopic (exact) mass is 302 g/mol. The first-order valence-corrected chi connectivity index (χ1v) is 8.35. The molecule has 1 N–H and O–H groups in total. The molecule has 0 aromatic carbocycles. The maximum Gasteiger partial charge on any atom is 0.107 e. The summed E-state index contributed by atoms with van der Waals surface area (Å²) in [7, 11) is 2.12. The third kappa shape index (κ3) is 4.59. The van der Waals surface area contributed by atoms with Crippen molar-refractivity contribution in [3.63, 3.8) is 0 Å². The van der Waals surface area contributed by atoms with Gasteiger partial charge in [0.05, 0.1) is 11.4 Å². The number of nitrogens with one attached hydrogen (secondary N) is 1. The van der Waals surface area contributed by atoms with Gasteiger partial charge in [-0.3, -0.25) is 9.88 Å². The molecule has 112 valence electrons. The van der Waals surface area contributed by atoms with Gasteiger partial charge >= 0.3 is 0 Å². The van der Waals surface area contributed by atoms with Crippen LogP contribution in [0, 0.1) is 6.92 Å². The van der Waals surface area contributed by atoms with Gasteiger partial charge in [0.25, 0.3) is 0 Å². The topological polar surface area (TPSA) is 41.0 Å². The lowest BCUT2D eigenvalue weighted by atomic mass is 10.3. The summed E-state index contributed by atoms with van der Waals surface area (Å²) in [5.74, 6) is 0. The van der Waals surface area contributed by atoms with Crippen LogP contribution < -0.4 is 5.32 Å². The van der Waals surface area contributed by atoms with Crippen molar-refractivity contribution in [2.45, 2.75) is 45.4 Å². The highest BCUT2D eigenvalue weighted by Crippen LogP contribution is 2.20. The Morgan fingerprint density at radius 2 is 2.05 bits per heavy atom. The van der Waals surface area contributed by atoms with Crippen molar-refractivity contribution in [2.75, 3.05) is 7.05 Å². The van der Waals surface area contributed by atoms with Gasteiger partial charge in [-0.2, -0.15) is 0 Å². The predicted molar refractivity (Wildman–Crippen MR) is 86.1 cm³/mol. The Morgan fingerprint density at radius 1 is 1.24 bits per heavy atom. The molecule has 2 aromatic heterocycles. The molecule has 2 heterocycles. The molecule has 1 aliphatic carbocycles. The molecule has 0 unspecified atom stereocenters. The van der Waals surface area contributed by atoms with E-state index in [9.17, 15) is 0 Å². The van der Waals surface area contributed by atoms with Crippen molar-refractivity contribution in [1.82, 2.24) is 20.2 Å². The van der Waals surface area contributed by atoms with E-state index in [0.29, 0.717) is 0 Å². The number of pyridine rings is 1. The molecule has 1 fully saturated rings. The Labute approximate surface area is 130 Å². The first kappa shape index (κ1) is 14.6. The lowest BCUT2D eigenvalue weighted by Crippen LogP contribution is -2.19. The zero-order valence-electron chi connectivity index (χ0n) is 12.7. The van der Waals surface area contributed by atoms with Crippen molar-refractivity contribution in [3.05, 3.63) is 45.7 Å². The highest BCUT2D eigenvalue weighted by atomic mass is 32.1. The average Bonchev–Trinajstić information content (AvgIpc) is 3.17. The van der Waals surface area contributed by atoms with Gasteiger partial charge in [0.2, 0.25) is 0 Å². The van der Waals surface area contributed by atoms with E-state index in [1.807, 2.05) is 13.0 Å². The molecule has 0 saturated heterocycles. The van der Waals surface area contributed by atoms with Crippen LogP contribution in [-0.2, 0) is 19.6 Å². The molecule has 3 rings (SSSR count). The van der Waals surface area contributed by atoms with Gasteiger partial charge in [-0.15, -0.1) is 11.3 Å². The van der Waals surface area contributed by atoms with Crippen LogP contribution in [0.5, 0.6) is 0 Å². The molecular formula is C16H22N4S. The van der Waals surface area contributed by atoms with E-state index >= 15 is 0 Å². The second-order valence-corrected chi connectivity index (χ2v) is 6.77. The summed E-state index contributed by atoms with van der Waals surface area (Å²) in [6.07, 6.45) is 2.65. The van der Waals surface area contributed by atoms with Crippen LogP contribution in [0.3, 0.4) is 0 Å². The van der Waals surface area contributed by atoms with E-state index in [2.05, 4.69) is 39.8 Å². The fraction of sp³-hybridized carbons (Fsp3) is 0.500. The van der Waals surface area contributed by atoms with E-state index in [4.69, 9.17) is 4.98 Å². The molecule has 0 bridgehead atoms. The molecule has 0 amide bonds. The van der Waals surface area contributed by atoms with Crippen molar-refractivity contribution in [1.29, 1.82) is 0 Å². The zero-order chi connectivity index (χ0) is 14.7. The quantitative estimate of drug-likeness (QED) is 0.854. The van der Waals surface area contributed by atoms with Crippen molar-refractivity contribution in [2.24, 2.45) is 0 Å². The Bertz CT molecular complexity index is 591. The van der Waals surface area contributed by atoms with Crippen molar-refractivity contribution >= 4 is 11.3 Å². The first-order valence-electron chi connectivity index (χ1n) is 7.47. The number of aromatic nitrogens is 2. The highest BCUT2D eigenvalue weighted by molar-refractivity contribution is 7.09. The maximum absolute atomic E-state index is 4.70. The Balaban J connectivity index is 1.50. The smallest absolute Gasteiger partial charge is 0.107 e. The van der Waals surface area contributed by atoms with Gasteiger partial charge in [-0.05, 0) is 38.9 Å². The van der Waals surface area contributed by atoms with E-state index in [1.54, 1.807) is 11.3 Å². The largest absolute Gasteiger partial charge is 0.308 e. The molecule has 0 atom stereocenters. The maximum atomic E-state index is 4.70. The van der Waals surface area contributed by atoms with E-state index in [-0.39, 0.29) is 0 Å². The molecule has 5 heteroatoms. The van der Waals surface area contributed by atoms with E-state index in [1.165, 1.54) is 17.8 Å². The molecular weight excluding hydrogens is 280 g/mol. The summed E-state index contributed by atoms with van der Waals surface area (Å²) in [6, 6.07) is 6.92. The molecule has 2 aromatic rings. The Morgan fingerprint density at radius 3 is 2.81 bits per heavy atom. The Kier molecular flexibility index (Phi) is 4.63. The van der Waals surface area contributed by atoms with Crippen LogP contribution >= 0.6 is 11.3 Å². The molecule has 4 nitrogen and oxygen atoms in total. The van der Waals surface area contributed by atoms with E-state index in [0.717, 1.165) is 42.8 Å². The minimum atomic E-state index is 0.743. The van der Waals surface area contributed by atoms with Crippen LogP contribution in [-0.4, -0.2) is 28.0 Å². The number of hydrogen-bond acceptors (Lipinski definition) is 5. The summed E-state index contributed by atoms with van der Waals surface area (Å²) in [5.41, 5.74) is 3.34. The second-order valence-electron chi connectivity index (χ2n) is 5.83. The number of nitrogens with zero attached hydrogens (tertiary/aromatic N) is 3. The van der Waals surface area contributed by atoms with E-state index < -0.39 is 0 Å². The highest BCUT2D eigenvalue weighted by Gasteiger charge is 2.20. The molecule has 1 saturated carbocycles. The van der Waals surface area contributed by atoms with Crippen molar-refractivity contribution in [3.8, 4) is 0 Å². The van der Waals surface area contributed by atoms with Gasteiger partial charge in [0, 0.05) is 36.8 Å². The second kappa shape index (κ2) is 6.64. The van der Waals surface area contributed by atoms with Gasteiger partial charge < -0.3 is 5.32 Å². The third-order valence-electron chi connectivity index (χ3n) is 3.53. The number of hydrogen-bond donors (Lipinski definition) is 1. The van der Waals surface area contributed by atoms with Crippen molar-refractivity contribution < 1.29 is 0 Å². The van der Waals surface area contributed by atoms with Crippen LogP contribution in [0.1, 0.15) is 34.9 Å². The summed E-state index contributed by atoms with van der Waals surface area (Å²) in [5, 5.41) is 6.87. The van der Waals surface area contributed by atoms with Gasteiger partial charge in [-0.25, -0.2) is 4.98 Å². The molecule has 21 heavy (non-hydrogen) atoms. The standard InChI is InChI=1S/C16H22N4S/c1-12-4-3-5-14(18-12)9-20(2)10-15-11-21-16(19-15)8-17-13-6-7-13/h3-5,11,13,17H,6-10H2,1-2H3. The summed E-state index contributed by atoms with van der Waals surface area (Å²) in [4.78, 5) is 11.5. The number of aryl methyl sites for hydroxylation is 1. The van der Waals surface area contributed by atoms with Gasteiger partial charge in [0.15, 0.2) is 0 Å².